The van der Waals surface area contributed by atoms with Gasteiger partial charge in [0.1, 0.15) is 23.8 Å². The molecule has 1 unspecified atom stereocenters. The van der Waals surface area contributed by atoms with Crippen molar-refractivity contribution in [2.45, 2.75) is 6.04 Å². The summed E-state index contributed by atoms with van der Waals surface area (Å²) in [5.41, 5.74) is 1.42. The molecule has 0 aliphatic carbocycles. The van der Waals surface area contributed by atoms with Gasteiger partial charge >= 0.3 is 0 Å². The second-order valence-corrected chi connectivity index (χ2v) is 4.61. The lowest BCUT2D eigenvalue weighted by molar-refractivity contribution is -0.384. The lowest BCUT2D eigenvalue weighted by atomic mass is 10.0. The van der Waals surface area contributed by atoms with Crippen LogP contribution >= 0.6 is 0 Å². The fraction of sp³-hybridized carbons (Fsp3) is 0.0667. The summed E-state index contributed by atoms with van der Waals surface area (Å²) < 4.78 is 5.65. The Morgan fingerprint density at radius 3 is 2.59 bits per heavy atom. The van der Waals surface area contributed by atoms with Crippen LogP contribution in [0.1, 0.15) is 11.6 Å². The Hall–Kier alpha value is -3.22. The van der Waals surface area contributed by atoms with Gasteiger partial charge < -0.3 is 14.8 Å². The van der Waals surface area contributed by atoms with Gasteiger partial charge in [-0.05, 0) is 30.3 Å². The molecule has 2 aromatic carbocycles. The van der Waals surface area contributed by atoms with E-state index >= 15 is 0 Å². The van der Waals surface area contributed by atoms with Gasteiger partial charge in [0.15, 0.2) is 0 Å². The summed E-state index contributed by atoms with van der Waals surface area (Å²) in [6, 6.07) is 10.5. The summed E-state index contributed by atoms with van der Waals surface area (Å²) in [5.74, 6) is 0.999. The highest BCUT2D eigenvalue weighted by molar-refractivity contribution is 5.77. The zero-order valence-corrected chi connectivity index (χ0v) is 11.3. The van der Waals surface area contributed by atoms with E-state index in [2.05, 4.69) is 10.3 Å². The van der Waals surface area contributed by atoms with Crippen molar-refractivity contribution in [3.05, 3.63) is 58.1 Å². The van der Waals surface area contributed by atoms with Crippen LogP contribution in [-0.4, -0.2) is 17.5 Å². The quantitative estimate of drug-likeness (QED) is 0.532. The molecule has 0 saturated carbocycles. The molecule has 7 nitrogen and oxygen atoms in total. The zero-order chi connectivity index (χ0) is 15.5. The van der Waals surface area contributed by atoms with E-state index in [1.807, 2.05) is 0 Å². The Morgan fingerprint density at radius 2 is 1.91 bits per heavy atom. The second-order valence-electron chi connectivity index (χ2n) is 4.61. The number of aliphatic imine (C=N–C) groups is 1. The predicted molar refractivity (Wildman–Crippen MR) is 79.7 cm³/mol. The first kappa shape index (κ1) is 13.7. The molecule has 0 aromatic heterocycles. The van der Waals surface area contributed by atoms with Gasteiger partial charge in [0.2, 0.25) is 0 Å². The van der Waals surface area contributed by atoms with Gasteiger partial charge in [-0.2, -0.15) is 0 Å². The summed E-state index contributed by atoms with van der Waals surface area (Å²) >= 11 is 0. The number of nitro groups is 1. The Balaban J connectivity index is 1.85. The van der Waals surface area contributed by atoms with Gasteiger partial charge in [-0.1, -0.05) is 0 Å². The summed E-state index contributed by atoms with van der Waals surface area (Å²) in [5, 5.41) is 13.5. The van der Waals surface area contributed by atoms with E-state index in [-0.39, 0.29) is 5.69 Å². The van der Waals surface area contributed by atoms with Gasteiger partial charge in [0, 0.05) is 17.7 Å². The number of ether oxygens (including phenoxy) is 1. The minimum absolute atomic E-state index is 0.00246. The molecule has 0 saturated heterocycles. The average Bonchev–Trinajstić information content (AvgIpc) is 2.54. The third-order valence-corrected chi connectivity index (χ3v) is 3.21. The van der Waals surface area contributed by atoms with Crippen LogP contribution in [-0.2, 0) is 4.79 Å². The normalized spacial score (nSPS) is 15.5. The smallest absolute Gasteiger partial charge is 0.269 e. The van der Waals surface area contributed by atoms with E-state index in [0.29, 0.717) is 17.2 Å². The topological polar surface area (TPSA) is 93.8 Å². The maximum Gasteiger partial charge on any atom is 0.269 e. The minimum Gasteiger partial charge on any atom is -0.457 e. The number of benzene rings is 2. The van der Waals surface area contributed by atoms with Crippen LogP contribution in [0.15, 0.2) is 47.5 Å². The van der Waals surface area contributed by atoms with Crippen LogP contribution in [0.5, 0.6) is 11.5 Å². The van der Waals surface area contributed by atoms with Gasteiger partial charge in [-0.15, -0.1) is 0 Å². The molecule has 1 heterocycles. The Labute approximate surface area is 125 Å². The number of rotatable bonds is 4. The van der Waals surface area contributed by atoms with E-state index < -0.39 is 11.0 Å². The van der Waals surface area contributed by atoms with E-state index in [4.69, 9.17) is 4.74 Å². The minimum atomic E-state index is -0.471. The molecule has 0 radical (unpaired) electrons. The molecule has 1 atom stereocenters. The number of non-ortho nitro benzene ring substituents is 1. The SMILES string of the molecule is O=CC1NC=Nc2ccc(Oc3ccc([N+](=O)[O-])cc3)cc21. The van der Waals surface area contributed by atoms with E-state index in [1.54, 1.807) is 18.2 Å². The molecule has 0 spiro atoms. The Bertz CT molecular complexity index is 756. The van der Waals surface area contributed by atoms with Crippen molar-refractivity contribution in [3.8, 4) is 11.5 Å². The van der Waals surface area contributed by atoms with E-state index in [9.17, 15) is 14.9 Å². The first-order valence-corrected chi connectivity index (χ1v) is 6.47. The van der Waals surface area contributed by atoms with Crippen molar-refractivity contribution < 1.29 is 14.5 Å². The van der Waals surface area contributed by atoms with Crippen molar-refractivity contribution in [1.82, 2.24) is 5.32 Å². The van der Waals surface area contributed by atoms with Gasteiger partial charge in [0.25, 0.3) is 5.69 Å². The van der Waals surface area contributed by atoms with Gasteiger partial charge in [-0.3, -0.25) is 10.1 Å². The molecule has 22 heavy (non-hydrogen) atoms. The highest BCUT2D eigenvalue weighted by Gasteiger charge is 2.17. The first-order chi connectivity index (χ1) is 10.7. The largest absolute Gasteiger partial charge is 0.457 e. The van der Waals surface area contributed by atoms with Crippen molar-refractivity contribution in [1.29, 1.82) is 0 Å². The lowest BCUT2D eigenvalue weighted by Crippen LogP contribution is -2.23. The number of carbonyl (C=O) groups excluding carboxylic acids is 1. The maximum absolute atomic E-state index is 11.1. The molecular weight excluding hydrogens is 286 g/mol. The molecule has 3 rings (SSSR count). The fourth-order valence-electron chi connectivity index (χ4n) is 2.12. The van der Waals surface area contributed by atoms with Crippen molar-refractivity contribution in [2.75, 3.05) is 0 Å². The summed E-state index contributed by atoms with van der Waals surface area (Å²) in [4.78, 5) is 25.3. The number of nitrogens with one attached hydrogen (secondary N) is 1. The van der Waals surface area contributed by atoms with Crippen LogP contribution in [0.3, 0.4) is 0 Å². The van der Waals surface area contributed by atoms with Crippen molar-refractivity contribution in [2.24, 2.45) is 4.99 Å². The molecule has 1 aliphatic rings. The number of hydrogen-bond acceptors (Lipinski definition) is 6. The van der Waals surface area contributed by atoms with Gasteiger partial charge in [-0.25, -0.2) is 4.99 Å². The highest BCUT2D eigenvalue weighted by atomic mass is 16.6. The monoisotopic (exact) mass is 297 g/mol. The number of aldehydes is 1. The Morgan fingerprint density at radius 1 is 1.18 bits per heavy atom. The van der Waals surface area contributed by atoms with Gasteiger partial charge in [0.05, 0.1) is 16.9 Å². The van der Waals surface area contributed by atoms with E-state index in [1.165, 1.54) is 30.6 Å². The predicted octanol–water partition coefficient (Wildman–Crippen LogP) is 2.89. The number of carbonyl (C=O) groups is 1. The number of nitro benzene ring substituents is 1. The fourth-order valence-corrected chi connectivity index (χ4v) is 2.12. The van der Waals surface area contributed by atoms with Crippen LogP contribution in [0.2, 0.25) is 0 Å². The van der Waals surface area contributed by atoms with E-state index in [0.717, 1.165) is 11.8 Å². The molecule has 0 fully saturated rings. The van der Waals surface area contributed by atoms with Crippen LogP contribution < -0.4 is 10.1 Å². The third-order valence-electron chi connectivity index (χ3n) is 3.21. The molecule has 110 valence electrons. The summed E-state index contributed by atoms with van der Waals surface area (Å²) in [6.07, 6.45) is 2.28. The van der Waals surface area contributed by atoms with Crippen LogP contribution in [0.25, 0.3) is 0 Å². The molecule has 0 amide bonds. The highest BCUT2D eigenvalue weighted by Crippen LogP contribution is 2.33. The van der Waals surface area contributed by atoms with Crippen LogP contribution in [0, 0.1) is 10.1 Å². The second kappa shape index (κ2) is 5.65. The lowest BCUT2D eigenvalue weighted by Gasteiger charge is -2.18. The standard InChI is InChI=1S/C15H11N3O4/c19-8-15-13-7-12(5-6-14(13)16-9-17-15)22-11-3-1-10(2-4-11)18(20)21/h1-9,15H,(H,16,17). The number of hydrogen-bond donors (Lipinski definition) is 1. The number of nitrogens with zero attached hydrogens (tertiary/aromatic N) is 2. The third kappa shape index (κ3) is 2.64. The first-order valence-electron chi connectivity index (χ1n) is 6.47. The zero-order valence-electron chi connectivity index (χ0n) is 11.3. The number of fused-ring (bicyclic) bond motifs is 1. The summed E-state index contributed by atoms with van der Waals surface area (Å²) in [7, 11) is 0. The summed E-state index contributed by atoms with van der Waals surface area (Å²) in [6.45, 7) is 0. The van der Waals surface area contributed by atoms with Crippen molar-refractivity contribution in [3.63, 3.8) is 0 Å². The molecular formula is C15H11N3O4. The molecule has 7 heteroatoms. The average molecular weight is 297 g/mol. The molecule has 1 N–H and O–H groups in total. The van der Waals surface area contributed by atoms with Crippen LogP contribution in [0.4, 0.5) is 11.4 Å². The molecule has 0 bridgehead atoms. The maximum atomic E-state index is 11.1. The Kier molecular flexibility index (Phi) is 3.53. The van der Waals surface area contributed by atoms with Crippen molar-refractivity contribution >= 4 is 24.0 Å². The molecule has 2 aromatic rings. The molecule has 1 aliphatic heterocycles.